The van der Waals surface area contributed by atoms with Gasteiger partial charge in [0.05, 0.1) is 11.7 Å². The van der Waals surface area contributed by atoms with Gasteiger partial charge in [-0.05, 0) is 44.5 Å². The van der Waals surface area contributed by atoms with Gasteiger partial charge in [-0.1, -0.05) is 24.3 Å². The lowest BCUT2D eigenvalue weighted by Gasteiger charge is -2.31. The molecular formula is C17H20FNO. The van der Waals surface area contributed by atoms with Crippen LogP contribution in [0.1, 0.15) is 31.0 Å². The zero-order valence-electron chi connectivity index (χ0n) is 12.1. The number of phenols is 1. The van der Waals surface area contributed by atoms with Crippen LogP contribution < -0.4 is 4.90 Å². The summed E-state index contributed by atoms with van der Waals surface area (Å²) < 4.78 is 14.0. The zero-order valence-corrected chi connectivity index (χ0v) is 12.1. The number of nitrogens with zero attached hydrogens (tertiary/aromatic N) is 1. The third kappa shape index (κ3) is 2.77. The Hall–Kier alpha value is -2.03. The summed E-state index contributed by atoms with van der Waals surface area (Å²) >= 11 is 0. The van der Waals surface area contributed by atoms with E-state index in [1.165, 1.54) is 6.07 Å². The highest BCUT2D eigenvalue weighted by molar-refractivity contribution is 5.51. The number of benzene rings is 2. The van der Waals surface area contributed by atoms with Gasteiger partial charge < -0.3 is 10.0 Å². The first kappa shape index (κ1) is 14.4. The van der Waals surface area contributed by atoms with E-state index in [4.69, 9.17) is 0 Å². The van der Waals surface area contributed by atoms with E-state index in [9.17, 15) is 9.50 Å². The van der Waals surface area contributed by atoms with Gasteiger partial charge in [0.25, 0.3) is 0 Å². The molecule has 1 atom stereocenters. The van der Waals surface area contributed by atoms with E-state index in [-0.39, 0.29) is 17.6 Å². The molecule has 106 valence electrons. The number of anilines is 1. The molecule has 2 aromatic rings. The van der Waals surface area contributed by atoms with Crippen molar-refractivity contribution in [1.82, 2.24) is 0 Å². The molecular weight excluding hydrogens is 253 g/mol. The molecule has 2 aromatic carbocycles. The lowest BCUT2D eigenvalue weighted by Crippen LogP contribution is -2.27. The number of halogens is 1. The molecule has 0 aliphatic carbocycles. The maximum absolute atomic E-state index is 14.0. The standard InChI is InChI=1S/C17H20FNO/c1-4-19(16-8-6-5-7-15(16)18)13(3)14-10-9-12(2)11-17(14)20/h5-11,13,20H,4H2,1-3H3. The fourth-order valence-corrected chi connectivity index (χ4v) is 2.51. The first-order valence-electron chi connectivity index (χ1n) is 6.85. The van der Waals surface area contributed by atoms with Crippen LogP contribution in [-0.2, 0) is 0 Å². The third-order valence-electron chi connectivity index (χ3n) is 3.61. The second-order valence-electron chi connectivity index (χ2n) is 4.98. The third-order valence-corrected chi connectivity index (χ3v) is 3.61. The van der Waals surface area contributed by atoms with Crippen molar-refractivity contribution < 1.29 is 9.50 Å². The zero-order chi connectivity index (χ0) is 14.7. The Bertz CT molecular complexity index is 597. The van der Waals surface area contributed by atoms with Crippen molar-refractivity contribution in [2.45, 2.75) is 26.8 Å². The predicted molar refractivity (Wildman–Crippen MR) is 80.7 cm³/mol. The summed E-state index contributed by atoms with van der Waals surface area (Å²) in [5.74, 6) is 0.0140. The van der Waals surface area contributed by atoms with Crippen LogP contribution in [0.4, 0.5) is 10.1 Å². The minimum absolute atomic E-state index is 0.0995. The summed E-state index contributed by atoms with van der Waals surface area (Å²) in [6.45, 7) is 6.55. The number of aromatic hydroxyl groups is 1. The molecule has 20 heavy (non-hydrogen) atoms. The van der Waals surface area contributed by atoms with Crippen molar-refractivity contribution in [2.75, 3.05) is 11.4 Å². The molecule has 1 unspecified atom stereocenters. The highest BCUT2D eigenvalue weighted by Crippen LogP contribution is 2.33. The summed E-state index contributed by atoms with van der Waals surface area (Å²) in [5, 5.41) is 10.1. The largest absolute Gasteiger partial charge is 0.508 e. The van der Waals surface area contributed by atoms with E-state index >= 15 is 0 Å². The van der Waals surface area contributed by atoms with Crippen LogP contribution in [0.25, 0.3) is 0 Å². The van der Waals surface area contributed by atoms with Crippen LogP contribution in [0.15, 0.2) is 42.5 Å². The van der Waals surface area contributed by atoms with Crippen molar-refractivity contribution in [1.29, 1.82) is 0 Å². The summed E-state index contributed by atoms with van der Waals surface area (Å²) in [6.07, 6.45) is 0. The van der Waals surface area contributed by atoms with Crippen LogP contribution in [0.3, 0.4) is 0 Å². The van der Waals surface area contributed by atoms with E-state index in [1.807, 2.05) is 43.9 Å². The van der Waals surface area contributed by atoms with Gasteiger partial charge in [-0.15, -0.1) is 0 Å². The summed E-state index contributed by atoms with van der Waals surface area (Å²) in [6, 6.07) is 12.2. The predicted octanol–water partition coefficient (Wildman–Crippen LogP) is 4.43. The van der Waals surface area contributed by atoms with E-state index < -0.39 is 0 Å². The molecule has 0 aliphatic rings. The first-order valence-corrected chi connectivity index (χ1v) is 6.85. The van der Waals surface area contributed by atoms with E-state index in [2.05, 4.69) is 0 Å². The molecule has 2 rings (SSSR count). The fourth-order valence-electron chi connectivity index (χ4n) is 2.51. The summed E-state index contributed by atoms with van der Waals surface area (Å²) in [7, 11) is 0. The van der Waals surface area contributed by atoms with Crippen molar-refractivity contribution in [3.05, 3.63) is 59.4 Å². The minimum atomic E-state index is -0.243. The van der Waals surface area contributed by atoms with Crippen LogP contribution in [0.5, 0.6) is 5.75 Å². The highest BCUT2D eigenvalue weighted by Gasteiger charge is 2.20. The van der Waals surface area contributed by atoms with Crippen molar-refractivity contribution in [3.8, 4) is 5.75 Å². The number of para-hydroxylation sites is 1. The molecule has 2 nitrogen and oxygen atoms in total. The Morgan fingerprint density at radius 3 is 2.50 bits per heavy atom. The number of hydrogen-bond acceptors (Lipinski definition) is 2. The van der Waals surface area contributed by atoms with Gasteiger partial charge >= 0.3 is 0 Å². The van der Waals surface area contributed by atoms with Crippen LogP contribution in [-0.4, -0.2) is 11.7 Å². The monoisotopic (exact) mass is 273 g/mol. The summed E-state index contributed by atoms with van der Waals surface area (Å²) in [5.41, 5.74) is 2.37. The SMILES string of the molecule is CCN(c1ccccc1F)C(C)c1ccc(C)cc1O. The normalized spacial score (nSPS) is 12.2. The van der Waals surface area contributed by atoms with E-state index in [0.717, 1.165) is 11.1 Å². The molecule has 0 aliphatic heterocycles. The van der Waals surface area contributed by atoms with Gasteiger partial charge in [-0.2, -0.15) is 0 Å². The molecule has 0 saturated heterocycles. The molecule has 0 radical (unpaired) electrons. The molecule has 0 amide bonds. The molecule has 0 fully saturated rings. The summed E-state index contributed by atoms with van der Waals surface area (Å²) in [4.78, 5) is 1.94. The van der Waals surface area contributed by atoms with E-state index in [1.54, 1.807) is 18.2 Å². The Balaban J connectivity index is 2.39. The van der Waals surface area contributed by atoms with Gasteiger partial charge in [-0.25, -0.2) is 4.39 Å². The Labute approximate surface area is 119 Å². The van der Waals surface area contributed by atoms with Crippen molar-refractivity contribution in [3.63, 3.8) is 0 Å². The molecule has 0 spiro atoms. The molecule has 0 heterocycles. The number of aryl methyl sites for hydroxylation is 1. The number of rotatable bonds is 4. The maximum Gasteiger partial charge on any atom is 0.146 e. The molecule has 0 aromatic heterocycles. The number of phenolic OH excluding ortho intramolecular Hbond substituents is 1. The average Bonchev–Trinajstić information content (AvgIpc) is 2.41. The Morgan fingerprint density at radius 2 is 1.90 bits per heavy atom. The maximum atomic E-state index is 14.0. The second-order valence-corrected chi connectivity index (χ2v) is 4.98. The smallest absolute Gasteiger partial charge is 0.146 e. The van der Waals surface area contributed by atoms with Gasteiger partial charge in [-0.3, -0.25) is 0 Å². The fraction of sp³-hybridized carbons (Fsp3) is 0.294. The van der Waals surface area contributed by atoms with Crippen LogP contribution in [0.2, 0.25) is 0 Å². The Morgan fingerprint density at radius 1 is 1.20 bits per heavy atom. The lowest BCUT2D eigenvalue weighted by atomic mass is 10.0. The van der Waals surface area contributed by atoms with E-state index in [0.29, 0.717) is 12.2 Å². The Kier molecular flexibility index (Phi) is 4.28. The average molecular weight is 273 g/mol. The van der Waals surface area contributed by atoms with Gasteiger partial charge in [0.15, 0.2) is 0 Å². The van der Waals surface area contributed by atoms with Gasteiger partial charge in [0, 0.05) is 12.1 Å². The van der Waals surface area contributed by atoms with Gasteiger partial charge in [0.2, 0.25) is 0 Å². The number of hydrogen-bond donors (Lipinski definition) is 1. The second kappa shape index (κ2) is 5.95. The lowest BCUT2D eigenvalue weighted by molar-refractivity contribution is 0.460. The topological polar surface area (TPSA) is 23.5 Å². The van der Waals surface area contributed by atoms with Gasteiger partial charge in [0.1, 0.15) is 11.6 Å². The first-order chi connectivity index (χ1) is 9.54. The molecule has 0 saturated carbocycles. The minimum Gasteiger partial charge on any atom is -0.508 e. The highest BCUT2D eigenvalue weighted by atomic mass is 19.1. The molecule has 3 heteroatoms. The molecule has 0 bridgehead atoms. The van der Waals surface area contributed by atoms with Crippen molar-refractivity contribution in [2.24, 2.45) is 0 Å². The van der Waals surface area contributed by atoms with Crippen molar-refractivity contribution >= 4 is 5.69 Å². The van der Waals surface area contributed by atoms with Crippen LogP contribution >= 0.6 is 0 Å². The van der Waals surface area contributed by atoms with Crippen LogP contribution in [0, 0.1) is 12.7 Å². The molecule has 1 N–H and O–H groups in total. The quantitative estimate of drug-likeness (QED) is 0.891.